The number of nitrogen functional groups attached to an aromatic ring is 1. The molecule has 0 aliphatic rings. The van der Waals surface area contributed by atoms with Crippen LogP contribution in [0.3, 0.4) is 0 Å². The van der Waals surface area contributed by atoms with E-state index in [2.05, 4.69) is 5.32 Å². The fraction of sp³-hybridized carbons (Fsp3) is 0.333. The molecule has 0 saturated carbocycles. The van der Waals surface area contributed by atoms with Crippen LogP contribution in [0.4, 0.5) is 11.4 Å². The van der Waals surface area contributed by atoms with E-state index in [1.54, 1.807) is 0 Å². The van der Waals surface area contributed by atoms with Crippen molar-refractivity contribution in [3.8, 4) is 0 Å². The lowest BCUT2D eigenvalue weighted by Gasteiger charge is -2.07. The third-order valence-corrected chi connectivity index (χ3v) is 1.85. The van der Waals surface area contributed by atoms with E-state index >= 15 is 0 Å². The summed E-state index contributed by atoms with van der Waals surface area (Å²) in [6.07, 6.45) is 0.954. The summed E-state index contributed by atoms with van der Waals surface area (Å²) in [4.78, 5) is 0. The van der Waals surface area contributed by atoms with Crippen LogP contribution in [-0.4, -0.2) is 12.4 Å². The van der Waals surface area contributed by atoms with Crippen molar-refractivity contribution in [2.75, 3.05) is 23.5 Å². The summed E-state index contributed by atoms with van der Waals surface area (Å²) in [7, 11) is 0. The summed E-state index contributed by atoms with van der Waals surface area (Å²) in [5.41, 5.74) is 7.48. The molecule has 0 aliphatic carbocycles. The lowest BCUT2D eigenvalue weighted by Crippen LogP contribution is -2.04. The maximum Gasteiger partial charge on any atom is 0.0573 e. The van der Waals surface area contributed by atoms with Crippen molar-refractivity contribution in [2.24, 2.45) is 0 Å². The van der Waals surface area contributed by atoms with Crippen LogP contribution in [0.2, 0.25) is 0 Å². The van der Waals surface area contributed by atoms with Crippen LogP contribution in [-0.2, 0) is 0 Å². The predicted octanol–water partition coefficient (Wildman–Crippen LogP) is 2.31. The van der Waals surface area contributed by atoms with Gasteiger partial charge in [0.1, 0.15) is 0 Å². The molecule has 0 saturated heterocycles. The largest absolute Gasteiger partial charge is 0.397 e. The molecule has 0 bridgehead atoms. The van der Waals surface area contributed by atoms with Gasteiger partial charge in [-0.3, -0.25) is 0 Å². The van der Waals surface area contributed by atoms with E-state index in [1.165, 1.54) is 0 Å². The quantitative estimate of drug-likeness (QED) is 0.428. The van der Waals surface area contributed by atoms with Gasteiger partial charge in [0, 0.05) is 12.4 Å². The summed E-state index contributed by atoms with van der Waals surface area (Å²) < 4.78 is 0. The lowest BCUT2D eigenvalue weighted by atomic mass is 10.2. The first-order valence-electron chi connectivity index (χ1n) is 3.99. The molecule has 0 unspecified atom stereocenters. The van der Waals surface area contributed by atoms with Crippen LogP contribution in [0.5, 0.6) is 0 Å². The van der Waals surface area contributed by atoms with Crippen LogP contribution in [0.15, 0.2) is 24.3 Å². The van der Waals surface area contributed by atoms with Crippen molar-refractivity contribution >= 4 is 23.0 Å². The van der Waals surface area contributed by atoms with Crippen molar-refractivity contribution in [3.05, 3.63) is 24.3 Å². The Bertz CT molecular complexity index is 238. The second-order valence-corrected chi connectivity index (χ2v) is 2.93. The van der Waals surface area contributed by atoms with E-state index in [1.807, 2.05) is 24.3 Å². The molecular formula is C9H13ClN2. The lowest BCUT2D eigenvalue weighted by molar-refractivity contribution is 0.988. The molecule has 0 amide bonds. The van der Waals surface area contributed by atoms with E-state index in [9.17, 15) is 0 Å². The first-order chi connectivity index (χ1) is 5.84. The van der Waals surface area contributed by atoms with Gasteiger partial charge in [0.25, 0.3) is 0 Å². The Morgan fingerprint density at radius 3 is 2.75 bits per heavy atom. The Kier molecular flexibility index (Phi) is 3.74. The minimum atomic E-state index is 0.680. The van der Waals surface area contributed by atoms with Gasteiger partial charge in [-0.1, -0.05) is 12.1 Å². The molecule has 0 heterocycles. The van der Waals surface area contributed by atoms with E-state index in [0.717, 1.165) is 24.3 Å². The van der Waals surface area contributed by atoms with Gasteiger partial charge in [-0.05, 0) is 18.6 Å². The third-order valence-electron chi connectivity index (χ3n) is 1.59. The Morgan fingerprint density at radius 1 is 1.33 bits per heavy atom. The number of hydrogen-bond acceptors (Lipinski definition) is 2. The van der Waals surface area contributed by atoms with E-state index in [4.69, 9.17) is 17.3 Å². The van der Waals surface area contributed by atoms with Gasteiger partial charge in [0.05, 0.1) is 11.4 Å². The highest BCUT2D eigenvalue weighted by molar-refractivity contribution is 6.17. The molecule has 2 nitrogen and oxygen atoms in total. The minimum Gasteiger partial charge on any atom is -0.397 e. The second kappa shape index (κ2) is 4.88. The van der Waals surface area contributed by atoms with Gasteiger partial charge >= 0.3 is 0 Å². The van der Waals surface area contributed by atoms with Gasteiger partial charge in [-0.15, -0.1) is 11.6 Å². The molecular weight excluding hydrogens is 172 g/mol. The molecule has 0 aliphatic heterocycles. The average Bonchev–Trinajstić information content (AvgIpc) is 2.09. The van der Waals surface area contributed by atoms with Gasteiger partial charge < -0.3 is 11.1 Å². The number of nitrogens with one attached hydrogen (secondary N) is 1. The molecule has 0 spiro atoms. The first kappa shape index (κ1) is 9.20. The normalized spacial score (nSPS) is 9.75. The van der Waals surface area contributed by atoms with Gasteiger partial charge in [0.2, 0.25) is 0 Å². The van der Waals surface area contributed by atoms with Crippen LogP contribution < -0.4 is 11.1 Å². The number of alkyl halides is 1. The Hall–Kier alpha value is -0.890. The van der Waals surface area contributed by atoms with Gasteiger partial charge in [0.15, 0.2) is 0 Å². The summed E-state index contributed by atoms with van der Waals surface area (Å²) in [5, 5.41) is 3.20. The molecule has 3 heteroatoms. The van der Waals surface area contributed by atoms with E-state index in [0.29, 0.717) is 5.88 Å². The summed E-state index contributed by atoms with van der Waals surface area (Å²) in [5.74, 6) is 0.680. The summed E-state index contributed by atoms with van der Waals surface area (Å²) in [6, 6.07) is 7.72. The molecule has 1 aromatic carbocycles. The molecule has 0 fully saturated rings. The van der Waals surface area contributed by atoms with Crippen molar-refractivity contribution < 1.29 is 0 Å². The monoisotopic (exact) mass is 184 g/mol. The Labute approximate surface area is 77.7 Å². The first-order valence-corrected chi connectivity index (χ1v) is 4.52. The number of hydrogen-bond donors (Lipinski definition) is 2. The fourth-order valence-electron chi connectivity index (χ4n) is 0.948. The van der Waals surface area contributed by atoms with Crippen molar-refractivity contribution in [1.82, 2.24) is 0 Å². The highest BCUT2D eigenvalue weighted by atomic mass is 35.5. The zero-order valence-corrected chi connectivity index (χ0v) is 7.64. The third kappa shape index (κ3) is 2.62. The van der Waals surface area contributed by atoms with Crippen molar-refractivity contribution in [2.45, 2.75) is 6.42 Å². The molecule has 3 N–H and O–H groups in total. The van der Waals surface area contributed by atoms with E-state index in [-0.39, 0.29) is 0 Å². The van der Waals surface area contributed by atoms with Crippen molar-refractivity contribution in [3.63, 3.8) is 0 Å². The number of para-hydroxylation sites is 2. The maximum absolute atomic E-state index is 5.71. The standard InChI is InChI=1S/C9H13ClN2/c10-6-3-7-12-9-5-2-1-4-8(9)11/h1-2,4-5,12H,3,6-7,11H2. The van der Waals surface area contributed by atoms with Gasteiger partial charge in [-0.2, -0.15) is 0 Å². The second-order valence-electron chi connectivity index (χ2n) is 2.56. The molecule has 1 rings (SSSR count). The van der Waals surface area contributed by atoms with E-state index < -0.39 is 0 Å². The Balaban J connectivity index is 2.46. The fourth-order valence-corrected chi connectivity index (χ4v) is 1.08. The van der Waals surface area contributed by atoms with Crippen LogP contribution in [0, 0.1) is 0 Å². The topological polar surface area (TPSA) is 38.0 Å². The zero-order valence-electron chi connectivity index (χ0n) is 6.89. The molecule has 0 atom stereocenters. The average molecular weight is 185 g/mol. The molecule has 0 aromatic heterocycles. The molecule has 1 aromatic rings. The van der Waals surface area contributed by atoms with Crippen LogP contribution in [0.25, 0.3) is 0 Å². The number of rotatable bonds is 4. The Morgan fingerprint density at radius 2 is 2.08 bits per heavy atom. The number of anilines is 2. The number of benzene rings is 1. The minimum absolute atomic E-state index is 0.680. The maximum atomic E-state index is 5.71. The molecule has 0 radical (unpaired) electrons. The number of nitrogens with two attached hydrogens (primary N) is 1. The van der Waals surface area contributed by atoms with Crippen LogP contribution >= 0.6 is 11.6 Å². The van der Waals surface area contributed by atoms with Crippen LogP contribution in [0.1, 0.15) is 6.42 Å². The molecule has 66 valence electrons. The highest BCUT2D eigenvalue weighted by Gasteiger charge is 1.94. The summed E-state index contributed by atoms with van der Waals surface area (Å²) >= 11 is 5.54. The highest BCUT2D eigenvalue weighted by Crippen LogP contribution is 2.16. The predicted molar refractivity (Wildman–Crippen MR) is 54.7 cm³/mol. The summed E-state index contributed by atoms with van der Waals surface area (Å²) in [6.45, 7) is 0.873. The van der Waals surface area contributed by atoms with Gasteiger partial charge in [-0.25, -0.2) is 0 Å². The number of halogens is 1. The smallest absolute Gasteiger partial charge is 0.0573 e. The SMILES string of the molecule is Nc1ccccc1NCCCCl. The molecule has 12 heavy (non-hydrogen) atoms. The zero-order chi connectivity index (χ0) is 8.81. The van der Waals surface area contributed by atoms with Crippen molar-refractivity contribution in [1.29, 1.82) is 0 Å².